The molecule has 1 aliphatic rings. The van der Waals surface area contributed by atoms with Crippen molar-refractivity contribution in [2.24, 2.45) is 0 Å². The minimum Gasteiger partial charge on any atom is -0.299 e. The molecule has 1 aliphatic heterocycles. The lowest BCUT2D eigenvalue weighted by atomic mass is 10.1. The molecule has 2 heterocycles. The van der Waals surface area contributed by atoms with Gasteiger partial charge < -0.3 is 0 Å². The highest BCUT2D eigenvalue weighted by Crippen LogP contribution is 2.24. The number of halogens is 1. The molecular weight excluding hydrogens is 346 g/mol. The molecule has 0 bridgehead atoms. The summed E-state index contributed by atoms with van der Waals surface area (Å²) in [5.74, 6) is 0.246. The van der Waals surface area contributed by atoms with Crippen LogP contribution < -0.4 is 0 Å². The Morgan fingerprint density at radius 2 is 2.05 bits per heavy atom. The Balaban J connectivity index is 1.46. The SMILES string of the molecule is O=C(CCCN1CCc2sccc2C1)c1ccc(Br)cc1. The van der Waals surface area contributed by atoms with Crippen molar-refractivity contribution in [1.29, 1.82) is 0 Å². The smallest absolute Gasteiger partial charge is 0.162 e. The standard InChI is InChI=1S/C17H18BrNOS/c18-15-5-3-13(4-6-15)16(20)2-1-9-19-10-7-17-14(12-19)8-11-21-17/h3-6,8,11H,1-2,7,9-10,12H2. The number of ketones is 1. The molecule has 1 aromatic carbocycles. The van der Waals surface area contributed by atoms with Crippen LogP contribution >= 0.6 is 27.3 Å². The monoisotopic (exact) mass is 363 g/mol. The van der Waals surface area contributed by atoms with E-state index in [0.717, 1.165) is 42.5 Å². The van der Waals surface area contributed by atoms with Crippen molar-refractivity contribution in [3.63, 3.8) is 0 Å². The first kappa shape index (κ1) is 14.9. The highest BCUT2D eigenvalue weighted by Gasteiger charge is 2.17. The maximum Gasteiger partial charge on any atom is 0.162 e. The topological polar surface area (TPSA) is 20.3 Å². The number of hydrogen-bond acceptors (Lipinski definition) is 3. The molecule has 0 amide bonds. The van der Waals surface area contributed by atoms with Gasteiger partial charge in [0.2, 0.25) is 0 Å². The average molecular weight is 364 g/mol. The Labute approximate surface area is 137 Å². The molecule has 0 unspecified atom stereocenters. The molecule has 3 rings (SSSR count). The minimum atomic E-state index is 0.246. The first-order chi connectivity index (χ1) is 10.2. The Bertz CT molecular complexity index is 620. The van der Waals surface area contributed by atoms with Gasteiger partial charge in [0.05, 0.1) is 0 Å². The molecule has 21 heavy (non-hydrogen) atoms. The third kappa shape index (κ3) is 3.82. The normalized spacial score (nSPS) is 14.9. The van der Waals surface area contributed by atoms with Crippen molar-refractivity contribution in [2.45, 2.75) is 25.8 Å². The first-order valence-electron chi connectivity index (χ1n) is 7.29. The van der Waals surface area contributed by atoms with E-state index in [2.05, 4.69) is 32.3 Å². The summed E-state index contributed by atoms with van der Waals surface area (Å²) in [4.78, 5) is 16.1. The number of hydrogen-bond donors (Lipinski definition) is 0. The van der Waals surface area contributed by atoms with E-state index in [9.17, 15) is 4.79 Å². The largest absolute Gasteiger partial charge is 0.299 e. The zero-order valence-electron chi connectivity index (χ0n) is 11.8. The quantitative estimate of drug-likeness (QED) is 0.727. The van der Waals surface area contributed by atoms with E-state index in [-0.39, 0.29) is 5.78 Å². The molecule has 0 fully saturated rings. The van der Waals surface area contributed by atoms with Gasteiger partial charge in [-0.05, 0) is 48.5 Å². The van der Waals surface area contributed by atoms with E-state index in [0.29, 0.717) is 6.42 Å². The maximum atomic E-state index is 12.1. The maximum absolute atomic E-state index is 12.1. The predicted molar refractivity (Wildman–Crippen MR) is 91.0 cm³/mol. The van der Waals surface area contributed by atoms with Crippen molar-refractivity contribution >= 4 is 33.0 Å². The second-order valence-corrected chi connectivity index (χ2v) is 7.35. The number of nitrogens with zero attached hydrogens (tertiary/aromatic N) is 1. The van der Waals surface area contributed by atoms with Crippen LogP contribution in [-0.4, -0.2) is 23.8 Å². The molecule has 0 N–H and O–H groups in total. The zero-order chi connectivity index (χ0) is 14.7. The number of fused-ring (bicyclic) bond motifs is 1. The van der Waals surface area contributed by atoms with Crippen LogP contribution in [-0.2, 0) is 13.0 Å². The Hall–Kier alpha value is -0.970. The number of carbonyl (C=O) groups excluding carboxylic acids is 1. The van der Waals surface area contributed by atoms with Crippen molar-refractivity contribution < 1.29 is 4.79 Å². The fourth-order valence-electron chi connectivity index (χ4n) is 2.74. The van der Waals surface area contributed by atoms with E-state index in [1.54, 1.807) is 0 Å². The zero-order valence-corrected chi connectivity index (χ0v) is 14.3. The van der Waals surface area contributed by atoms with E-state index in [1.807, 2.05) is 35.6 Å². The van der Waals surface area contributed by atoms with Crippen LogP contribution in [0.1, 0.15) is 33.6 Å². The fraction of sp³-hybridized carbons (Fsp3) is 0.353. The van der Waals surface area contributed by atoms with Gasteiger partial charge in [0.15, 0.2) is 5.78 Å². The lowest BCUT2D eigenvalue weighted by Gasteiger charge is -2.26. The van der Waals surface area contributed by atoms with Crippen LogP contribution in [0.3, 0.4) is 0 Å². The average Bonchev–Trinajstić information content (AvgIpc) is 2.95. The van der Waals surface area contributed by atoms with E-state index >= 15 is 0 Å². The highest BCUT2D eigenvalue weighted by molar-refractivity contribution is 9.10. The summed E-state index contributed by atoms with van der Waals surface area (Å²) in [5, 5.41) is 2.19. The molecule has 1 aromatic heterocycles. The summed E-state index contributed by atoms with van der Waals surface area (Å²) in [6.07, 6.45) is 2.73. The van der Waals surface area contributed by atoms with Gasteiger partial charge in [0.1, 0.15) is 0 Å². The van der Waals surface area contributed by atoms with E-state index < -0.39 is 0 Å². The number of benzene rings is 1. The van der Waals surface area contributed by atoms with Crippen LogP contribution in [0, 0.1) is 0 Å². The van der Waals surface area contributed by atoms with Crippen molar-refractivity contribution in [3.05, 3.63) is 56.2 Å². The van der Waals surface area contributed by atoms with Gasteiger partial charge >= 0.3 is 0 Å². The summed E-state index contributed by atoms with van der Waals surface area (Å²) >= 11 is 5.26. The molecule has 0 radical (unpaired) electrons. The third-order valence-corrected chi connectivity index (χ3v) is 5.48. The van der Waals surface area contributed by atoms with Crippen LogP contribution in [0.4, 0.5) is 0 Å². The molecule has 0 atom stereocenters. The molecular formula is C17H18BrNOS. The molecule has 0 saturated heterocycles. The molecule has 4 heteroatoms. The Morgan fingerprint density at radius 3 is 2.86 bits per heavy atom. The Morgan fingerprint density at radius 1 is 1.24 bits per heavy atom. The molecule has 110 valence electrons. The second kappa shape index (κ2) is 6.86. The van der Waals surface area contributed by atoms with E-state index in [1.165, 1.54) is 10.4 Å². The van der Waals surface area contributed by atoms with Gasteiger partial charge in [-0.3, -0.25) is 9.69 Å². The van der Waals surface area contributed by atoms with Gasteiger partial charge in [-0.1, -0.05) is 28.1 Å². The minimum absolute atomic E-state index is 0.246. The summed E-state index contributed by atoms with van der Waals surface area (Å²) in [6, 6.07) is 9.88. The Kier molecular flexibility index (Phi) is 4.88. The van der Waals surface area contributed by atoms with Crippen LogP contribution in [0.25, 0.3) is 0 Å². The molecule has 2 nitrogen and oxygen atoms in total. The van der Waals surface area contributed by atoms with Gasteiger partial charge in [0, 0.05) is 34.4 Å². The summed E-state index contributed by atoms with van der Waals surface area (Å²) < 4.78 is 1.01. The number of rotatable bonds is 5. The number of thiophene rings is 1. The predicted octanol–water partition coefficient (Wildman–Crippen LogP) is 4.53. The van der Waals surface area contributed by atoms with Gasteiger partial charge in [-0.2, -0.15) is 0 Å². The van der Waals surface area contributed by atoms with Crippen LogP contribution in [0.5, 0.6) is 0 Å². The second-order valence-electron chi connectivity index (χ2n) is 5.43. The first-order valence-corrected chi connectivity index (χ1v) is 8.96. The highest BCUT2D eigenvalue weighted by atomic mass is 79.9. The van der Waals surface area contributed by atoms with E-state index in [4.69, 9.17) is 0 Å². The molecule has 2 aromatic rings. The lowest BCUT2D eigenvalue weighted by molar-refractivity contribution is 0.0974. The number of carbonyl (C=O) groups is 1. The van der Waals surface area contributed by atoms with Crippen molar-refractivity contribution in [2.75, 3.05) is 13.1 Å². The van der Waals surface area contributed by atoms with Crippen molar-refractivity contribution in [1.82, 2.24) is 4.90 Å². The van der Waals surface area contributed by atoms with Crippen LogP contribution in [0.2, 0.25) is 0 Å². The van der Waals surface area contributed by atoms with Crippen LogP contribution in [0.15, 0.2) is 40.2 Å². The lowest BCUT2D eigenvalue weighted by Crippen LogP contribution is -2.30. The summed E-state index contributed by atoms with van der Waals surface area (Å²) in [6.45, 7) is 3.18. The molecule has 0 saturated carbocycles. The third-order valence-electron chi connectivity index (χ3n) is 3.93. The van der Waals surface area contributed by atoms with Gasteiger partial charge in [-0.15, -0.1) is 11.3 Å². The van der Waals surface area contributed by atoms with Crippen molar-refractivity contribution in [3.8, 4) is 0 Å². The summed E-state index contributed by atoms with van der Waals surface area (Å²) in [7, 11) is 0. The molecule has 0 aliphatic carbocycles. The summed E-state index contributed by atoms with van der Waals surface area (Å²) in [5.41, 5.74) is 2.29. The number of Topliss-reactive ketones (excluding diaryl/α,β-unsaturated/α-hetero) is 1. The van der Waals surface area contributed by atoms with Gasteiger partial charge in [-0.25, -0.2) is 0 Å². The molecule has 0 spiro atoms. The van der Waals surface area contributed by atoms with Gasteiger partial charge in [0.25, 0.3) is 0 Å². The fourth-order valence-corrected chi connectivity index (χ4v) is 3.90.